The predicted octanol–water partition coefficient (Wildman–Crippen LogP) is 3.59. The first-order valence-electron chi connectivity index (χ1n) is 7.01. The Labute approximate surface area is 127 Å². The number of hydrogen-bond donors (Lipinski definition) is 0. The van der Waals surface area contributed by atoms with Gasteiger partial charge in [-0.25, -0.2) is 0 Å². The molecule has 1 unspecified atom stereocenters. The molecule has 0 heterocycles. The fourth-order valence-electron chi connectivity index (χ4n) is 2.91. The molecule has 0 aliphatic carbocycles. The number of benzene rings is 2. The highest BCUT2D eigenvalue weighted by atomic mass is 28.3. The van der Waals surface area contributed by atoms with Gasteiger partial charge in [-0.05, 0) is 5.56 Å². The van der Waals surface area contributed by atoms with Crippen molar-refractivity contribution in [2.75, 3.05) is 0 Å². The fraction of sp³-hybridized carbons (Fsp3) is 0.222. The summed E-state index contributed by atoms with van der Waals surface area (Å²) >= 11 is 0. The van der Waals surface area contributed by atoms with Crippen LogP contribution < -0.4 is 5.19 Å². The van der Waals surface area contributed by atoms with Crippen molar-refractivity contribution in [3.63, 3.8) is 0 Å². The fourth-order valence-corrected chi connectivity index (χ4v) is 6.33. The summed E-state index contributed by atoms with van der Waals surface area (Å²) in [5, 5.41) is 20.1. The van der Waals surface area contributed by atoms with Gasteiger partial charge >= 0.3 is 0 Å². The zero-order valence-electron chi connectivity index (χ0n) is 12.3. The van der Waals surface area contributed by atoms with Gasteiger partial charge in [-0.1, -0.05) is 78.9 Å². The van der Waals surface area contributed by atoms with E-state index in [0.29, 0.717) is 0 Å². The number of rotatable bonds is 4. The van der Waals surface area contributed by atoms with Gasteiger partial charge in [0.2, 0.25) is 0 Å². The Morgan fingerprint density at radius 1 is 0.810 bits per heavy atom. The lowest BCUT2D eigenvalue weighted by Crippen LogP contribution is -2.50. The summed E-state index contributed by atoms with van der Waals surface area (Å²) in [7, 11) is -2.00. The average Bonchev–Trinajstić information content (AvgIpc) is 2.54. The summed E-state index contributed by atoms with van der Waals surface area (Å²) in [5.74, 6) is -0.616. The highest BCUT2D eigenvalue weighted by molar-refractivity contribution is 6.91. The van der Waals surface area contributed by atoms with Crippen LogP contribution in [0.2, 0.25) is 13.1 Å². The van der Waals surface area contributed by atoms with Crippen LogP contribution in [-0.2, 0) is 0 Å². The molecular weight excluding hydrogens is 272 g/mol. The van der Waals surface area contributed by atoms with Crippen molar-refractivity contribution < 1.29 is 0 Å². The molecule has 0 spiro atoms. The molecule has 0 bridgehead atoms. The molecule has 21 heavy (non-hydrogen) atoms. The van der Waals surface area contributed by atoms with Crippen molar-refractivity contribution in [1.29, 1.82) is 10.5 Å². The van der Waals surface area contributed by atoms with E-state index in [1.54, 1.807) is 0 Å². The van der Waals surface area contributed by atoms with Crippen molar-refractivity contribution >= 4 is 13.3 Å². The van der Waals surface area contributed by atoms with Crippen LogP contribution in [0.3, 0.4) is 0 Å². The maximum atomic E-state index is 9.42. The van der Waals surface area contributed by atoms with Crippen LogP contribution in [0.15, 0.2) is 60.7 Å². The number of hydrogen-bond acceptors (Lipinski definition) is 2. The van der Waals surface area contributed by atoms with E-state index in [1.165, 1.54) is 5.19 Å². The molecule has 2 nitrogen and oxygen atoms in total. The van der Waals surface area contributed by atoms with E-state index in [1.807, 2.05) is 48.5 Å². The Balaban J connectivity index is 2.56. The predicted molar refractivity (Wildman–Crippen MR) is 87.5 cm³/mol. The normalized spacial score (nSPS) is 12.4. The maximum absolute atomic E-state index is 9.42. The minimum Gasteiger partial charge on any atom is -0.197 e. The molecule has 2 aromatic rings. The summed E-state index contributed by atoms with van der Waals surface area (Å²) in [6, 6.07) is 24.7. The molecule has 0 amide bonds. The monoisotopic (exact) mass is 290 g/mol. The second-order valence-electron chi connectivity index (χ2n) is 5.71. The zero-order valence-corrected chi connectivity index (χ0v) is 13.3. The summed E-state index contributed by atoms with van der Waals surface area (Å²) in [4.78, 5) is 0. The van der Waals surface area contributed by atoms with E-state index in [2.05, 4.69) is 37.4 Å². The Bertz CT molecular complexity index is 652. The largest absolute Gasteiger partial charge is 0.197 e. The first-order chi connectivity index (χ1) is 10.1. The third-order valence-electron chi connectivity index (χ3n) is 4.07. The molecule has 0 N–H and O–H groups in total. The first kappa shape index (κ1) is 15.0. The van der Waals surface area contributed by atoms with Crippen LogP contribution in [0.25, 0.3) is 0 Å². The molecule has 0 aliphatic heterocycles. The summed E-state index contributed by atoms with van der Waals surface area (Å²) < 4.78 is 0. The lowest BCUT2D eigenvalue weighted by atomic mass is 10.0. The van der Waals surface area contributed by atoms with Gasteiger partial charge < -0.3 is 0 Å². The smallest absolute Gasteiger partial charge is 0.138 e. The molecule has 104 valence electrons. The summed E-state index contributed by atoms with van der Waals surface area (Å²) in [5.41, 5.74) is 1.06. The highest BCUT2D eigenvalue weighted by Gasteiger charge is 2.40. The third-order valence-corrected chi connectivity index (χ3v) is 8.11. The van der Waals surface area contributed by atoms with Crippen molar-refractivity contribution in [2.24, 2.45) is 5.92 Å². The van der Waals surface area contributed by atoms with Crippen LogP contribution >= 0.6 is 0 Å². The average molecular weight is 290 g/mol. The minimum absolute atomic E-state index is 0.0314. The first-order valence-corrected chi connectivity index (χ1v) is 10.1. The molecule has 2 aromatic carbocycles. The van der Waals surface area contributed by atoms with Gasteiger partial charge in [0.1, 0.15) is 5.92 Å². The molecular formula is C18H18N2Si. The standard InChI is InChI=1S/C18H18N2Si/c1-21(2,17-11-7-4-8-12-17)18(16(13-19)14-20)15-9-5-3-6-10-15/h3-12,16,18H,1-2H3. The molecule has 0 aliphatic rings. The lowest BCUT2D eigenvalue weighted by Gasteiger charge is -2.34. The Hall–Kier alpha value is -2.36. The molecule has 1 atom stereocenters. The van der Waals surface area contributed by atoms with Crippen LogP contribution in [-0.4, -0.2) is 8.07 Å². The Morgan fingerprint density at radius 2 is 1.29 bits per heavy atom. The van der Waals surface area contributed by atoms with Gasteiger partial charge in [-0.3, -0.25) is 0 Å². The van der Waals surface area contributed by atoms with E-state index in [9.17, 15) is 10.5 Å². The maximum Gasteiger partial charge on any atom is 0.138 e. The van der Waals surface area contributed by atoms with E-state index in [-0.39, 0.29) is 5.54 Å². The molecule has 0 fully saturated rings. The van der Waals surface area contributed by atoms with Crippen LogP contribution in [0, 0.1) is 28.6 Å². The van der Waals surface area contributed by atoms with Crippen molar-refractivity contribution in [1.82, 2.24) is 0 Å². The highest BCUT2D eigenvalue weighted by Crippen LogP contribution is 2.33. The minimum atomic E-state index is -2.00. The zero-order chi connectivity index (χ0) is 15.3. The van der Waals surface area contributed by atoms with E-state index in [0.717, 1.165) is 5.56 Å². The SMILES string of the molecule is C[Si](C)(c1ccccc1)C(c1ccccc1)C(C#N)C#N. The quantitative estimate of drug-likeness (QED) is 0.808. The molecule has 3 heteroatoms. The second-order valence-corrected chi connectivity index (χ2v) is 10.4. The lowest BCUT2D eigenvalue weighted by molar-refractivity contribution is 0.772. The van der Waals surface area contributed by atoms with Crippen LogP contribution in [0.4, 0.5) is 0 Å². The van der Waals surface area contributed by atoms with Crippen molar-refractivity contribution in [2.45, 2.75) is 18.6 Å². The number of nitriles is 2. The van der Waals surface area contributed by atoms with Crippen molar-refractivity contribution in [3.8, 4) is 12.1 Å². The summed E-state index contributed by atoms with van der Waals surface area (Å²) in [6.45, 7) is 4.48. The van der Waals surface area contributed by atoms with Crippen molar-refractivity contribution in [3.05, 3.63) is 66.2 Å². The number of nitrogens with zero attached hydrogens (tertiary/aromatic N) is 2. The van der Waals surface area contributed by atoms with Gasteiger partial charge in [-0.2, -0.15) is 10.5 Å². The van der Waals surface area contributed by atoms with E-state index >= 15 is 0 Å². The molecule has 0 saturated carbocycles. The van der Waals surface area contributed by atoms with Crippen LogP contribution in [0.1, 0.15) is 11.1 Å². The molecule has 2 rings (SSSR count). The topological polar surface area (TPSA) is 47.6 Å². The third kappa shape index (κ3) is 3.04. The van der Waals surface area contributed by atoms with Gasteiger partial charge in [-0.15, -0.1) is 0 Å². The summed E-state index contributed by atoms with van der Waals surface area (Å²) in [6.07, 6.45) is 0. The van der Waals surface area contributed by atoms with Gasteiger partial charge in [0, 0.05) is 5.54 Å². The van der Waals surface area contributed by atoms with Gasteiger partial charge in [0.05, 0.1) is 20.2 Å². The van der Waals surface area contributed by atoms with Crippen LogP contribution in [0.5, 0.6) is 0 Å². The molecule has 0 saturated heterocycles. The molecule has 0 radical (unpaired) electrons. The molecule has 0 aromatic heterocycles. The Kier molecular flexibility index (Phi) is 4.58. The van der Waals surface area contributed by atoms with E-state index < -0.39 is 14.0 Å². The van der Waals surface area contributed by atoms with E-state index in [4.69, 9.17) is 0 Å². The van der Waals surface area contributed by atoms with Gasteiger partial charge in [0.25, 0.3) is 0 Å². The second kappa shape index (κ2) is 6.39. The van der Waals surface area contributed by atoms with Gasteiger partial charge in [0.15, 0.2) is 0 Å². The Morgan fingerprint density at radius 3 is 1.76 bits per heavy atom.